The molecule has 0 atom stereocenters. The van der Waals surface area contributed by atoms with E-state index >= 15 is 0 Å². The van der Waals surface area contributed by atoms with Gasteiger partial charge in [-0.25, -0.2) is 4.68 Å². The second-order valence-corrected chi connectivity index (χ2v) is 4.41. The minimum atomic E-state index is -0.299. The van der Waals surface area contributed by atoms with Gasteiger partial charge in [0.1, 0.15) is 0 Å². The summed E-state index contributed by atoms with van der Waals surface area (Å²) < 4.78 is 1.44. The SMILES string of the molecule is Cc1c(Cl)cnn(C(C)(C)C)c1=O. The van der Waals surface area contributed by atoms with Crippen molar-refractivity contribution in [2.24, 2.45) is 0 Å². The Morgan fingerprint density at radius 2 is 2.00 bits per heavy atom. The van der Waals surface area contributed by atoms with Gasteiger partial charge in [-0.15, -0.1) is 0 Å². The molecule has 0 aliphatic heterocycles. The first-order valence-corrected chi connectivity index (χ1v) is 4.47. The van der Waals surface area contributed by atoms with E-state index in [1.54, 1.807) is 6.92 Å². The minimum absolute atomic E-state index is 0.125. The van der Waals surface area contributed by atoms with E-state index in [1.165, 1.54) is 10.9 Å². The molecular weight excluding hydrogens is 188 g/mol. The summed E-state index contributed by atoms with van der Waals surface area (Å²) in [7, 11) is 0. The first kappa shape index (κ1) is 10.3. The Kier molecular flexibility index (Phi) is 2.48. The largest absolute Gasteiger partial charge is 0.271 e. The lowest BCUT2D eigenvalue weighted by molar-refractivity contribution is 0.336. The van der Waals surface area contributed by atoms with E-state index < -0.39 is 0 Å². The maximum Gasteiger partial charge on any atom is 0.271 e. The average molecular weight is 201 g/mol. The van der Waals surface area contributed by atoms with Crippen LogP contribution in [0.15, 0.2) is 11.0 Å². The summed E-state index contributed by atoms with van der Waals surface area (Å²) in [5, 5.41) is 4.40. The van der Waals surface area contributed by atoms with Gasteiger partial charge in [0.15, 0.2) is 0 Å². The number of nitrogens with zero attached hydrogens (tertiary/aromatic N) is 2. The Hall–Kier alpha value is -0.830. The van der Waals surface area contributed by atoms with E-state index in [0.717, 1.165) is 0 Å². The molecule has 1 heterocycles. The highest BCUT2D eigenvalue weighted by Crippen LogP contribution is 2.12. The summed E-state index contributed by atoms with van der Waals surface area (Å²) in [5.74, 6) is 0. The van der Waals surface area contributed by atoms with Crippen LogP contribution < -0.4 is 5.56 Å². The van der Waals surface area contributed by atoms with Gasteiger partial charge in [-0.1, -0.05) is 11.6 Å². The first-order chi connectivity index (χ1) is 5.84. The van der Waals surface area contributed by atoms with E-state index in [0.29, 0.717) is 10.6 Å². The fourth-order valence-electron chi connectivity index (χ4n) is 0.997. The van der Waals surface area contributed by atoms with Crippen LogP contribution >= 0.6 is 11.6 Å². The minimum Gasteiger partial charge on any atom is -0.267 e. The highest BCUT2D eigenvalue weighted by Gasteiger charge is 2.17. The van der Waals surface area contributed by atoms with Crippen molar-refractivity contribution < 1.29 is 0 Å². The maximum atomic E-state index is 11.7. The van der Waals surface area contributed by atoms with E-state index in [9.17, 15) is 4.79 Å². The normalized spacial score (nSPS) is 11.8. The van der Waals surface area contributed by atoms with Gasteiger partial charge >= 0.3 is 0 Å². The van der Waals surface area contributed by atoms with Crippen molar-refractivity contribution >= 4 is 11.6 Å². The Balaban J connectivity index is 3.44. The average Bonchev–Trinajstić information content (AvgIpc) is 1.98. The molecular formula is C9H13ClN2O. The molecule has 0 aromatic carbocycles. The molecule has 13 heavy (non-hydrogen) atoms. The predicted molar refractivity (Wildman–Crippen MR) is 53.2 cm³/mol. The van der Waals surface area contributed by atoms with Gasteiger partial charge in [0.2, 0.25) is 0 Å². The molecule has 0 saturated carbocycles. The van der Waals surface area contributed by atoms with Gasteiger partial charge in [0.05, 0.1) is 16.8 Å². The third-order valence-corrected chi connectivity index (χ3v) is 2.17. The zero-order chi connectivity index (χ0) is 10.2. The number of hydrogen-bond acceptors (Lipinski definition) is 2. The topological polar surface area (TPSA) is 34.9 Å². The summed E-state index contributed by atoms with van der Waals surface area (Å²) in [6.45, 7) is 7.48. The van der Waals surface area contributed by atoms with Crippen molar-refractivity contribution in [2.75, 3.05) is 0 Å². The van der Waals surface area contributed by atoms with Crippen LogP contribution in [0.5, 0.6) is 0 Å². The molecule has 0 radical (unpaired) electrons. The van der Waals surface area contributed by atoms with Crippen LogP contribution in [0.4, 0.5) is 0 Å². The van der Waals surface area contributed by atoms with Crippen LogP contribution in [-0.4, -0.2) is 9.78 Å². The molecule has 1 aromatic rings. The summed E-state index contributed by atoms with van der Waals surface area (Å²) >= 11 is 5.76. The zero-order valence-electron chi connectivity index (χ0n) is 8.26. The summed E-state index contributed by atoms with van der Waals surface area (Å²) in [4.78, 5) is 11.7. The van der Waals surface area contributed by atoms with E-state index in [1.807, 2.05) is 20.8 Å². The van der Waals surface area contributed by atoms with Gasteiger partial charge in [-0.05, 0) is 27.7 Å². The van der Waals surface area contributed by atoms with Gasteiger partial charge in [-0.2, -0.15) is 5.10 Å². The van der Waals surface area contributed by atoms with E-state index in [2.05, 4.69) is 5.10 Å². The van der Waals surface area contributed by atoms with Crippen molar-refractivity contribution in [1.82, 2.24) is 9.78 Å². The van der Waals surface area contributed by atoms with Gasteiger partial charge < -0.3 is 0 Å². The molecule has 1 aromatic heterocycles. The van der Waals surface area contributed by atoms with Crippen LogP contribution in [0.2, 0.25) is 5.02 Å². The Morgan fingerprint density at radius 1 is 1.46 bits per heavy atom. The van der Waals surface area contributed by atoms with E-state index in [4.69, 9.17) is 11.6 Å². The lowest BCUT2D eigenvalue weighted by atomic mass is 10.1. The van der Waals surface area contributed by atoms with Crippen molar-refractivity contribution in [3.8, 4) is 0 Å². The van der Waals surface area contributed by atoms with Crippen molar-refractivity contribution in [2.45, 2.75) is 33.2 Å². The molecule has 0 aliphatic carbocycles. The first-order valence-electron chi connectivity index (χ1n) is 4.09. The Labute approximate surface area is 82.3 Å². The van der Waals surface area contributed by atoms with Crippen LogP contribution in [0.25, 0.3) is 0 Å². The van der Waals surface area contributed by atoms with Crippen LogP contribution in [0.3, 0.4) is 0 Å². The van der Waals surface area contributed by atoms with Crippen molar-refractivity contribution in [3.63, 3.8) is 0 Å². The fraction of sp³-hybridized carbons (Fsp3) is 0.556. The maximum absolute atomic E-state index is 11.7. The van der Waals surface area contributed by atoms with Crippen LogP contribution in [-0.2, 0) is 5.54 Å². The lowest BCUT2D eigenvalue weighted by Gasteiger charge is -2.20. The molecule has 72 valence electrons. The molecule has 1 rings (SSSR count). The van der Waals surface area contributed by atoms with Crippen LogP contribution in [0, 0.1) is 6.92 Å². The van der Waals surface area contributed by atoms with Crippen LogP contribution in [0.1, 0.15) is 26.3 Å². The molecule has 0 N–H and O–H groups in total. The molecule has 3 nitrogen and oxygen atoms in total. The molecule has 0 amide bonds. The molecule has 0 bridgehead atoms. The number of halogens is 1. The van der Waals surface area contributed by atoms with Crippen molar-refractivity contribution in [1.29, 1.82) is 0 Å². The molecule has 0 fully saturated rings. The monoisotopic (exact) mass is 200 g/mol. The molecule has 0 saturated heterocycles. The number of hydrogen-bond donors (Lipinski definition) is 0. The zero-order valence-corrected chi connectivity index (χ0v) is 9.01. The van der Waals surface area contributed by atoms with Gasteiger partial charge in [0.25, 0.3) is 5.56 Å². The lowest BCUT2D eigenvalue weighted by Crippen LogP contribution is -2.36. The summed E-state index contributed by atoms with van der Waals surface area (Å²) in [6, 6.07) is 0. The predicted octanol–water partition coefficient (Wildman–Crippen LogP) is 1.96. The standard InChI is InChI=1S/C9H13ClN2O/c1-6-7(10)5-11-12(8(6)13)9(2,3)4/h5H,1-4H3. The summed E-state index contributed by atoms with van der Waals surface area (Å²) in [5.41, 5.74) is 0.124. The molecule has 0 aliphatic rings. The molecule has 4 heteroatoms. The molecule has 0 unspecified atom stereocenters. The molecule has 0 spiro atoms. The summed E-state index contributed by atoms with van der Waals surface area (Å²) in [6.07, 6.45) is 1.50. The van der Waals surface area contributed by atoms with E-state index in [-0.39, 0.29) is 11.1 Å². The second-order valence-electron chi connectivity index (χ2n) is 4.01. The smallest absolute Gasteiger partial charge is 0.267 e. The third kappa shape index (κ3) is 1.91. The number of aromatic nitrogens is 2. The Morgan fingerprint density at radius 3 is 2.46 bits per heavy atom. The van der Waals surface area contributed by atoms with Gasteiger partial charge in [0, 0.05) is 5.56 Å². The van der Waals surface area contributed by atoms with Crippen molar-refractivity contribution in [3.05, 3.63) is 27.1 Å². The highest BCUT2D eigenvalue weighted by molar-refractivity contribution is 6.31. The highest BCUT2D eigenvalue weighted by atomic mass is 35.5. The number of rotatable bonds is 0. The second kappa shape index (κ2) is 3.14. The third-order valence-electron chi connectivity index (χ3n) is 1.79. The Bertz CT molecular complexity index is 376. The quantitative estimate of drug-likeness (QED) is 0.642. The van der Waals surface area contributed by atoms with Gasteiger partial charge in [-0.3, -0.25) is 4.79 Å². The fourth-order valence-corrected chi connectivity index (χ4v) is 1.12.